The third-order valence-electron chi connectivity index (χ3n) is 8.43. The zero-order chi connectivity index (χ0) is 36.6. The van der Waals surface area contributed by atoms with E-state index in [1.165, 1.54) is 17.0 Å². The van der Waals surface area contributed by atoms with Crippen LogP contribution in [0.4, 0.5) is 5.69 Å². The molecule has 2 rings (SSSR count). The molecule has 48 heavy (non-hydrogen) atoms. The maximum atomic E-state index is 14.2. The van der Waals surface area contributed by atoms with Crippen molar-refractivity contribution < 1.29 is 22.8 Å². The molecule has 12 heteroatoms. The highest BCUT2D eigenvalue weighted by atomic mass is 32.2. The molecule has 0 heterocycles. The topological polar surface area (TPSA) is 137 Å². The van der Waals surface area contributed by atoms with Crippen LogP contribution in [0.3, 0.4) is 0 Å². The van der Waals surface area contributed by atoms with Gasteiger partial charge < -0.3 is 20.9 Å². The first-order valence-corrected chi connectivity index (χ1v) is 18.3. The molecule has 0 radical (unpaired) electrons. The molecular weight excluding hydrogens is 647 g/mol. The number of allylic oxidation sites excluding steroid dienone is 1. The van der Waals surface area contributed by atoms with Crippen molar-refractivity contribution in [2.75, 3.05) is 31.7 Å². The fourth-order valence-corrected chi connectivity index (χ4v) is 6.61. The van der Waals surface area contributed by atoms with Gasteiger partial charge in [0.2, 0.25) is 17.7 Å². The molecule has 2 aromatic carbocycles. The van der Waals surface area contributed by atoms with Gasteiger partial charge in [0.1, 0.15) is 6.04 Å². The van der Waals surface area contributed by atoms with Crippen molar-refractivity contribution in [2.24, 2.45) is 17.3 Å². The number of nitrogens with one attached hydrogen (secondary N) is 4. The second-order valence-electron chi connectivity index (χ2n) is 14.2. The van der Waals surface area contributed by atoms with Crippen LogP contribution in [0.2, 0.25) is 0 Å². The fraction of sp³-hybridized carbons (Fsp3) is 0.528. The van der Waals surface area contributed by atoms with E-state index in [-0.39, 0.29) is 22.6 Å². The Labute approximate surface area is 293 Å². The fourth-order valence-electron chi connectivity index (χ4n) is 5.44. The minimum atomic E-state index is -4.08. The maximum Gasteiger partial charge on any atom is 0.264 e. The van der Waals surface area contributed by atoms with Gasteiger partial charge in [0, 0.05) is 36.1 Å². The van der Waals surface area contributed by atoms with E-state index in [9.17, 15) is 22.8 Å². The van der Waals surface area contributed by atoms with E-state index in [1.54, 1.807) is 39.2 Å². The second-order valence-corrected chi connectivity index (χ2v) is 16.3. The number of nitrogens with zero attached hydrogens (tertiary/aromatic N) is 1. The average molecular weight is 702 g/mol. The molecule has 3 atom stereocenters. The number of hydrogen-bond acceptors (Lipinski definition) is 8. The van der Waals surface area contributed by atoms with Gasteiger partial charge in [-0.25, -0.2) is 13.1 Å². The molecule has 266 valence electrons. The quantitative estimate of drug-likeness (QED) is 0.167. The van der Waals surface area contributed by atoms with Gasteiger partial charge in [-0.05, 0) is 62.1 Å². The number of carbonyl (C=O) groups is 3. The van der Waals surface area contributed by atoms with Crippen LogP contribution in [0.25, 0.3) is 0 Å². The molecule has 0 aliphatic carbocycles. The molecule has 10 nitrogen and oxygen atoms in total. The van der Waals surface area contributed by atoms with E-state index in [0.717, 1.165) is 16.8 Å². The molecule has 3 amide bonds. The van der Waals surface area contributed by atoms with Crippen molar-refractivity contribution >= 4 is 46.1 Å². The number of carbonyl (C=O) groups excluding carboxylic acids is 3. The monoisotopic (exact) mass is 701 g/mol. The summed E-state index contributed by atoms with van der Waals surface area (Å²) < 4.78 is 27.9. The molecule has 4 N–H and O–H groups in total. The zero-order valence-electron chi connectivity index (χ0n) is 30.3. The van der Waals surface area contributed by atoms with E-state index < -0.39 is 44.8 Å². The summed E-state index contributed by atoms with van der Waals surface area (Å²) in [6, 6.07) is 12.5. The summed E-state index contributed by atoms with van der Waals surface area (Å²) in [7, 11) is -0.750. The van der Waals surface area contributed by atoms with E-state index in [0.29, 0.717) is 18.0 Å². The number of hydrogen-bond donors (Lipinski definition) is 5. The average Bonchev–Trinajstić information content (AvgIpc) is 3.00. The second kappa shape index (κ2) is 16.8. The van der Waals surface area contributed by atoms with Crippen molar-refractivity contribution in [3.8, 4) is 0 Å². The molecule has 0 aromatic heterocycles. The molecular formula is C36H55N5O5S2. The first-order chi connectivity index (χ1) is 22.2. The third-order valence-corrected chi connectivity index (χ3v) is 10.0. The molecule has 0 fully saturated rings. The van der Waals surface area contributed by atoms with Crippen LogP contribution >= 0.6 is 12.6 Å². The highest BCUT2D eigenvalue weighted by Crippen LogP contribution is 2.31. The Bertz CT molecular complexity index is 1560. The van der Waals surface area contributed by atoms with E-state index in [2.05, 4.69) is 33.3 Å². The lowest BCUT2D eigenvalue weighted by molar-refractivity contribution is -0.138. The Balaban J connectivity index is 2.34. The molecule has 2 aromatic rings. The van der Waals surface area contributed by atoms with Gasteiger partial charge in [-0.1, -0.05) is 84.4 Å². The summed E-state index contributed by atoms with van der Waals surface area (Å²) in [5.41, 5.74) is 1.96. The van der Waals surface area contributed by atoms with Gasteiger partial charge in [-0.3, -0.25) is 14.4 Å². The van der Waals surface area contributed by atoms with Crippen LogP contribution in [0.15, 0.2) is 65.2 Å². The number of rotatable bonds is 15. The van der Waals surface area contributed by atoms with Crippen LogP contribution < -0.4 is 20.7 Å². The van der Waals surface area contributed by atoms with Crippen LogP contribution in [0.5, 0.6) is 0 Å². The van der Waals surface area contributed by atoms with E-state index in [4.69, 9.17) is 0 Å². The lowest BCUT2D eigenvalue weighted by atomic mass is 9.76. The third kappa shape index (κ3) is 10.6. The standard InChI is InChI=1S/C36H55N5O5S2/c1-23(2)29(21-25(4)32(42)40-48(45,46)28-17-15-24(3)16-18-28)41(11)34(44)31(35(5,6)7)39-33(43)30(37-10)36(8,9)26-13-12-14-27(22-26)38-19-20-47/h12-18,21-23,25,30-31,37-38,47H,19-20H2,1-11H3,(H,39,43)(H,40,42)/b29-21+. The van der Waals surface area contributed by atoms with Gasteiger partial charge in [0.15, 0.2) is 0 Å². The molecule has 0 bridgehead atoms. The number of likely N-dealkylation sites (N-methyl/N-ethyl adjacent to an activating group) is 2. The molecule has 0 saturated carbocycles. The summed E-state index contributed by atoms with van der Waals surface area (Å²) in [5.74, 6) is -1.82. The van der Waals surface area contributed by atoms with Crippen LogP contribution in [-0.4, -0.2) is 69.5 Å². The molecule has 0 saturated heterocycles. The predicted molar refractivity (Wildman–Crippen MR) is 197 cm³/mol. The number of anilines is 1. The molecule has 3 unspecified atom stereocenters. The molecule has 0 aliphatic heterocycles. The normalized spacial score (nSPS) is 14.6. The number of amides is 3. The summed E-state index contributed by atoms with van der Waals surface area (Å²) >= 11 is 4.27. The largest absolute Gasteiger partial charge is 0.384 e. The first-order valence-electron chi connectivity index (χ1n) is 16.2. The number of sulfonamides is 1. The van der Waals surface area contributed by atoms with Crippen molar-refractivity contribution in [1.29, 1.82) is 0 Å². The Hall–Kier alpha value is -3.35. The Kier molecular flexibility index (Phi) is 14.3. The van der Waals surface area contributed by atoms with E-state index in [1.807, 2.05) is 79.7 Å². The molecule has 0 aliphatic rings. The smallest absolute Gasteiger partial charge is 0.264 e. The van der Waals surface area contributed by atoms with Crippen molar-refractivity contribution in [2.45, 2.75) is 84.7 Å². The highest BCUT2D eigenvalue weighted by Gasteiger charge is 2.41. The molecule has 0 spiro atoms. The summed E-state index contributed by atoms with van der Waals surface area (Å²) in [5, 5.41) is 9.52. The Morgan fingerprint density at radius 2 is 1.54 bits per heavy atom. The van der Waals surface area contributed by atoms with E-state index >= 15 is 0 Å². The van der Waals surface area contributed by atoms with Gasteiger partial charge in [-0.15, -0.1) is 0 Å². The lowest BCUT2D eigenvalue weighted by Crippen LogP contribution is -2.60. The van der Waals surface area contributed by atoms with Gasteiger partial charge in [0.25, 0.3) is 10.0 Å². The lowest BCUT2D eigenvalue weighted by Gasteiger charge is -2.39. The predicted octanol–water partition coefficient (Wildman–Crippen LogP) is 4.87. The summed E-state index contributed by atoms with van der Waals surface area (Å²) in [6.07, 6.45) is 1.60. The zero-order valence-corrected chi connectivity index (χ0v) is 32.0. The number of thiol groups is 1. The highest BCUT2D eigenvalue weighted by molar-refractivity contribution is 7.90. The maximum absolute atomic E-state index is 14.2. The number of aryl methyl sites for hydroxylation is 1. The minimum Gasteiger partial charge on any atom is -0.384 e. The van der Waals surface area contributed by atoms with Crippen LogP contribution in [-0.2, 0) is 29.8 Å². The SMILES string of the molecule is CNC(C(=O)NC(C(=O)N(C)/C(=C/C(C)C(=O)NS(=O)(=O)c1ccc(C)cc1)C(C)C)C(C)(C)C)C(C)(C)c1cccc(NCCS)c1. The van der Waals surface area contributed by atoms with Crippen molar-refractivity contribution in [3.63, 3.8) is 0 Å². The summed E-state index contributed by atoms with van der Waals surface area (Å²) in [4.78, 5) is 42.7. The van der Waals surface area contributed by atoms with Crippen molar-refractivity contribution in [1.82, 2.24) is 20.3 Å². The van der Waals surface area contributed by atoms with Crippen LogP contribution in [0, 0.1) is 24.2 Å². The first kappa shape index (κ1) is 40.8. The van der Waals surface area contributed by atoms with Gasteiger partial charge >= 0.3 is 0 Å². The Morgan fingerprint density at radius 3 is 2.06 bits per heavy atom. The van der Waals surface area contributed by atoms with Crippen molar-refractivity contribution in [3.05, 3.63) is 71.4 Å². The van der Waals surface area contributed by atoms with Gasteiger partial charge in [0.05, 0.1) is 16.9 Å². The van der Waals surface area contributed by atoms with Gasteiger partial charge in [-0.2, -0.15) is 12.6 Å². The Morgan fingerprint density at radius 1 is 0.938 bits per heavy atom. The minimum absolute atomic E-state index is 0.0151. The summed E-state index contributed by atoms with van der Waals surface area (Å²) in [6.45, 7) is 17.5. The number of benzene rings is 2. The van der Waals surface area contributed by atoms with Crippen LogP contribution in [0.1, 0.15) is 66.5 Å².